The van der Waals surface area contributed by atoms with Gasteiger partial charge in [0, 0.05) is 6.42 Å². The molecule has 0 aromatic carbocycles. The summed E-state index contributed by atoms with van der Waals surface area (Å²) in [5.74, 6) is 1.59. The van der Waals surface area contributed by atoms with E-state index in [1.54, 1.807) is 0 Å². The van der Waals surface area contributed by atoms with E-state index in [0.717, 1.165) is 12.7 Å². The summed E-state index contributed by atoms with van der Waals surface area (Å²) in [4.78, 5) is 14.1. The first-order valence-corrected chi connectivity index (χ1v) is 3.97. The molecule has 0 aliphatic carbocycles. The molecule has 0 bridgehead atoms. The van der Waals surface area contributed by atoms with Gasteiger partial charge in [0.1, 0.15) is 6.29 Å². The summed E-state index contributed by atoms with van der Waals surface area (Å²) in [6.07, 6.45) is 1.76. The number of carbonyl (C=O) groups is 1. The highest BCUT2D eigenvalue weighted by molar-refractivity contribution is 5.52. The average molecular weight is 168 g/mol. The number of hydrogen-bond acceptors (Lipinski definition) is 4. The second-order valence-corrected chi connectivity index (χ2v) is 3.07. The van der Waals surface area contributed by atoms with E-state index in [9.17, 15) is 4.79 Å². The van der Waals surface area contributed by atoms with Crippen LogP contribution in [0, 0.1) is 5.92 Å². The molecular weight excluding hydrogens is 156 g/mol. The van der Waals surface area contributed by atoms with Crippen LogP contribution in [0.3, 0.4) is 0 Å². The number of hydrogen-bond donors (Lipinski definition) is 0. The van der Waals surface area contributed by atoms with Crippen LogP contribution >= 0.6 is 0 Å². The molecule has 0 N–H and O–H groups in total. The summed E-state index contributed by atoms with van der Waals surface area (Å²) < 4.78 is 4.81. The average Bonchev–Trinajstić information content (AvgIpc) is 2.36. The summed E-state index contributed by atoms with van der Waals surface area (Å²) in [6.45, 7) is 4.16. The van der Waals surface area contributed by atoms with E-state index in [2.05, 4.69) is 24.0 Å². The molecule has 1 aromatic rings. The standard InChI is InChI=1S/C8H12N2O2/c1-6(2)5-7-9-8(3-4-11)12-10-7/h4,6H,3,5H2,1-2H3. The molecule has 0 aliphatic rings. The van der Waals surface area contributed by atoms with Crippen molar-refractivity contribution in [1.82, 2.24) is 10.1 Å². The van der Waals surface area contributed by atoms with E-state index >= 15 is 0 Å². The predicted molar refractivity (Wildman–Crippen MR) is 42.6 cm³/mol. The van der Waals surface area contributed by atoms with Gasteiger partial charge in [-0.15, -0.1) is 0 Å². The minimum absolute atomic E-state index is 0.213. The second kappa shape index (κ2) is 3.99. The van der Waals surface area contributed by atoms with Gasteiger partial charge in [-0.25, -0.2) is 0 Å². The van der Waals surface area contributed by atoms with Gasteiger partial charge in [-0.2, -0.15) is 4.98 Å². The number of aromatic nitrogens is 2. The molecule has 66 valence electrons. The maximum atomic E-state index is 10.1. The van der Waals surface area contributed by atoms with Gasteiger partial charge in [-0.1, -0.05) is 19.0 Å². The molecule has 0 fully saturated rings. The van der Waals surface area contributed by atoms with E-state index in [-0.39, 0.29) is 6.42 Å². The fourth-order valence-electron chi connectivity index (χ4n) is 0.892. The predicted octanol–water partition coefficient (Wildman–Crippen LogP) is 1.01. The maximum Gasteiger partial charge on any atom is 0.233 e. The summed E-state index contributed by atoms with van der Waals surface area (Å²) >= 11 is 0. The Morgan fingerprint density at radius 3 is 2.92 bits per heavy atom. The van der Waals surface area contributed by atoms with Crippen LogP contribution in [-0.2, 0) is 17.6 Å². The Labute approximate surface area is 71.0 Å². The number of nitrogens with zero attached hydrogens (tertiary/aromatic N) is 2. The third-order valence-electron chi connectivity index (χ3n) is 1.36. The Morgan fingerprint density at radius 2 is 2.33 bits per heavy atom. The van der Waals surface area contributed by atoms with Gasteiger partial charge in [0.25, 0.3) is 0 Å². The number of carbonyl (C=O) groups excluding carboxylic acids is 1. The van der Waals surface area contributed by atoms with E-state index in [1.807, 2.05) is 0 Å². The molecule has 0 amide bonds. The Balaban J connectivity index is 2.57. The molecular formula is C8H12N2O2. The Morgan fingerprint density at radius 1 is 1.58 bits per heavy atom. The molecule has 0 saturated heterocycles. The van der Waals surface area contributed by atoms with E-state index < -0.39 is 0 Å². The molecule has 1 heterocycles. The topological polar surface area (TPSA) is 56.0 Å². The van der Waals surface area contributed by atoms with Gasteiger partial charge in [-0.05, 0) is 5.92 Å². The first kappa shape index (κ1) is 8.90. The van der Waals surface area contributed by atoms with Crippen LogP contribution in [0.15, 0.2) is 4.52 Å². The van der Waals surface area contributed by atoms with Crippen molar-refractivity contribution in [3.63, 3.8) is 0 Å². The van der Waals surface area contributed by atoms with Crippen LogP contribution in [0.4, 0.5) is 0 Å². The normalized spacial score (nSPS) is 10.6. The van der Waals surface area contributed by atoms with Crippen molar-refractivity contribution < 1.29 is 9.32 Å². The first-order chi connectivity index (χ1) is 5.72. The Kier molecular flexibility index (Phi) is 2.96. The molecule has 4 heteroatoms. The summed E-state index contributed by atoms with van der Waals surface area (Å²) in [6, 6.07) is 0. The van der Waals surface area contributed by atoms with Crippen LogP contribution in [-0.4, -0.2) is 16.4 Å². The van der Waals surface area contributed by atoms with Crippen LogP contribution in [0.1, 0.15) is 25.6 Å². The summed E-state index contributed by atoms with van der Waals surface area (Å²) in [7, 11) is 0. The Hall–Kier alpha value is -1.19. The van der Waals surface area contributed by atoms with Crippen LogP contribution in [0.5, 0.6) is 0 Å². The quantitative estimate of drug-likeness (QED) is 0.629. The van der Waals surface area contributed by atoms with Crippen molar-refractivity contribution in [2.24, 2.45) is 5.92 Å². The van der Waals surface area contributed by atoms with Crippen molar-refractivity contribution in [2.45, 2.75) is 26.7 Å². The molecule has 1 rings (SSSR count). The molecule has 12 heavy (non-hydrogen) atoms. The number of aldehydes is 1. The van der Waals surface area contributed by atoms with Gasteiger partial charge in [0.2, 0.25) is 5.89 Å². The van der Waals surface area contributed by atoms with E-state index in [0.29, 0.717) is 17.6 Å². The van der Waals surface area contributed by atoms with Gasteiger partial charge in [0.15, 0.2) is 5.82 Å². The molecule has 0 unspecified atom stereocenters. The highest BCUT2D eigenvalue weighted by atomic mass is 16.5. The third-order valence-corrected chi connectivity index (χ3v) is 1.36. The molecule has 0 saturated carbocycles. The minimum Gasteiger partial charge on any atom is -0.339 e. The monoisotopic (exact) mass is 168 g/mol. The SMILES string of the molecule is CC(C)Cc1noc(CC=O)n1. The fourth-order valence-corrected chi connectivity index (χ4v) is 0.892. The van der Waals surface area contributed by atoms with Gasteiger partial charge >= 0.3 is 0 Å². The second-order valence-electron chi connectivity index (χ2n) is 3.07. The van der Waals surface area contributed by atoms with Crippen molar-refractivity contribution >= 4 is 6.29 Å². The van der Waals surface area contributed by atoms with Crippen molar-refractivity contribution in [3.05, 3.63) is 11.7 Å². The molecule has 4 nitrogen and oxygen atoms in total. The van der Waals surface area contributed by atoms with Crippen molar-refractivity contribution in [2.75, 3.05) is 0 Å². The van der Waals surface area contributed by atoms with Crippen LogP contribution in [0.25, 0.3) is 0 Å². The highest BCUT2D eigenvalue weighted by Crippen LogP contribution is 2.04. The maximum absolute atomic E-state index is 10.1. The van der Waals surface area contributed by atoms with Gasteiger partial charge < -0.3 is 9.32 Å². The van der Waals surface area contributed by atoms with Crippen LogP contribution < -0.4 is 0 Å². The van der Waals surface area contributed by atoms with Gasteiger partial charge in [-0.3, -0.25) is 0 Å². The minimum atomic E-state index is 0.213. The molecule has 1 aromatic heterocycles. The first-order valence-electron chi connectivity index (χ1n) is 3.97. The molecule has 0 radical (unpaired) electrons. The lowest BCUT2D eigenvalue weighted by atomic mass is 10.1. The Bertz CT molecular complexity index is 255. The van der Waals surface area contributed by atoms with Crippen molar-refractivity contribution in [1.29, 1.82) is 0 Å². The summed E-state index contributed by atoms with van der Waals surface area (Å²) in [5, 5.41) is 3.73. The largest absolute Gasteiger partial charge is 0.339 e. The van der Waals surface area contributed by atoms with Crippen LogP contribution in [0.2, 0.25) is 0 Å². The lowest BCUT2D eigenvalue weighted by Gasteiger charge is -1.95. The molecule has 0 spiro atoms. The number of rotatable bonds is 4. The molecule has 0 atom stereocenters. The zero-order valence-corrected chi connectivity index (χ0v) is 7.28. The third kappa shape index (κ3) is 2.45. The summed E-state index contributed by atoms with van der Waals surface area (Å²) in [5.41, 5.74) is 0. The van der Waals surface area contributed by atoms with E-state index in [4.69, 9.17) is 4.52 Å². The lowest BCUT2D eigenvalue weighted by molar-refractivity contribution is -0.107. The van der Waals surface area contributed by atoms with Gasteiger partial charge in [0.05, 0.1) is 6.42 Å². The highest BCUT2D eigenvalue weighted by Gasteiger charge is 2.06. The fraction of sp³-hybridized carbons (Fsp3) is 0.625. The zero-order chi connectivity index (χ0) is 8.97. The smallest absolute Gasteiger partial charge is 0.233 e. The molecule has 0 aliphatic heterocycles. The lowest BCUT2D eigenvalue weighted by Crippen LogP contribution is -1.96. The van der Waals surface area contributed by atoms with E-state index in [1.165, 1.54) is 0 Å². The zero-order valence-electron chi connectivity index (χ0n) is 7.28. The van der Waals surface area contributed by atoms with Crippen molar-refractivity contribution in [3.8, 4) is 0 Å².